The number of ketones is 1. The molecule has 0 heterocycles. The summed E-state index contributed by atoms with van der Waals surface area (Å²) in [5.74, 6) is -4.40. The zero-order valence-corrected chi connectivity index (χ0v) is 12.1. The maximum atomic E-state index is 13.1. The summed E-state index contributed by atoms with van der Waals surface area (Å²) in [6.45, 7) is 0. The zero-order valence-electron chi connectivity index (χ0n) is 10.6. The van der Waals surface area contributed by atoms with Gasteiger partial charge in [0.05, 0.1) is 10.0 Å². The van der Waals surface area contributed by atoms with Gasteiger partial charge in [-0.2, -0.15) is 0 Å². The Balaban J connectivity index is 2.13. The third-order valence-electron chi connectivity index (χ3n) is 2.94. The first kappa shape index (κ1) is 15.9. The quantitative estimate of drug-likeness (QED) is 0.553. The van der Waals surface area contributed by atoms with Crippen molar-refractivity contribution in [2.75, 3.05) is 0 Å². The second-order valence-corrected chi connectivity index (χ2v) is 5.18. The molecule has 0 aliphatic carbocycles. The minimum absolute atomic E-state index is 0.0232. The standard InChI is InChI=1S/C15H9Cl2F3O/c16-10-3-1-2-9(14(10)17)13(21)5-4-8-6-11(18)15(20)12(19)7-8/h1-3,6-7H,4-5H2. The number of rotatable bonds is 4. The molecule has 2 aromatic carbocycles. The predicted octanol–water partition coefficient (Wildman–Crippen LogP) is 5.23. The Morgan fingerprint density at radius 3 is 2.29 bits per heavy atom. The molecule has 0 unspecified atom stereocenters. The molecular formula is C15H9Cl2F3O. The molecule has 0 saturated heterocycles. The van der Waals surface area contributed by atoms with E-state index in [-0.39, 0.29) is 39.8 Å². The fourth-order valence-electron chi connectivity index (χ4n) is 1.86. The Morgan fingerprint density at radius 2 is 1.67 bits per heavy atom. The van der Waals surface area contributed by atoms with E-state index >= 15 is 0 Å². The maximum Gasteiger partial charge on any atom is 0.194 e. The van der Waals surface area contributed by atoms with Crippen LogP contribution in [-0.2, 0) is 6.42 Å². The van der Waals surface area contributed by atoms with Gasteiger partial charge in [-0.05, 0) is 36.2 Å². The molecule has 0 radical (unpaired) electrons. The van der Waals surface area contributed by atoms with Crippen molar-refractivity contribution in [1.29, 1.82) is 0 Å². The number of Topliss-reactive ketones (excluding diaryl/α,β-unsaturated/α-hetero) is 1. The number of carbonyl (C=O) groups excluding carboxylic acids is 1. The molecule has 0 fully saturated rings. The molecule has 110 valence electrons. The van der Waals surface area contributed by atoms with E-state index in [0.717, 1.165) is 12.1 Å². The SMILES string of the molecule is O=C(CCc1cc(F)c(F)c(F)c1)c1cccc(Cl)c1Cl. The number of carbonyl (C=O) groups is 1. The van der Waals surface area contributed by atoms with Crippen LogP contribution >= 0.6 is 23.2 Å². The Bertz CT molecular complexity index is 678. The molecule has 0 bridgehead atoms. The van der Waals surface area contributed by atoms with E-state index < -0.39 is 17.5 Å². The van der Waals surface area contributed by atoms with Crippen LogP contribution in [0.1, 0.15) is 22.3 Å². The van der Waals surface area contributed by atoms with Gasteiger partial charge < -0.3 is 0 Å². The zero-order chi connectivity index (χ0) is 15.6. The summed E-state index contributed by atoms with van der Waals surface area (Å²) in [4.78, 5) is 12.0. The fourth-order valence-corrected chi connectivity index (χ4v) is 2.27. The number of hydrogen-bond acceptors (Lipinski definition) is 1. The van der Waals surface area contributed by atoms with E-state index in [0.29, 0.717) is 0 Å². The van der Waals surface area contributed by atoms with Gasteiger partial charge in [0.25, 0.3) is 0 Å². The summed E-state index contributed by atoms with van der Waals surface area (Å²) in [6, 6.07) is 6.38. The summed E-state index contributed by atoms with van der Waals surface area (Å²) in [5.41, 5.74) is 0.435. The van der Waals surface area contributed by atoms with Crippen LogP contribution in [0.3, 0.4) is 0 Å². The molecule has 0 amide bonds. The molecule has 0 atom stereocenters. The van der Waals surface area contributed by atoms with Crippen molar-refractivity contribution < 1.29 is 18.0 Å². The second-order valence-electron chi connectivity index (χ2n) is 4.40. The van der Waals surface area contributed by atoms with Crippen molar-refractivity contribution in [3.63, 3.8) is 0 Å². The van der Waals surface area contributed by atoms with Crippen molar-refractivity contribution in [1.82, 2.24) is 0 Å². The third-order valence-corrected chi connectivity index (χ3v) is 3.76. The number of hydrogen-bond donors (Lipinski definition) is 0. The van der Waals surface area contributed by atoms with E-state index in [4.69, 9.17) is 23.2 Å². The van der Waals surface area contributed by atoms with Gasteiger partial charge in [-0.3, -0.25) is 4.79 Å². The summed E-state index contributed by atoms with van der Waals surface area (Å²) in [7, 11) is 0. The van der Waals surface area contributed by atoms with Crippen LogP contribution in [0.5, 0.6) is 0 Å². The number of halogens is 5. The average Bonchev–Trinajstić information content (AvgIpc) is 2.45. The summed E-state index contributed by atoms with van der Waals surface area (Å²) < 4.78 is 39.0. The van der Waals surface area contributed by atoms with Gasteiger partial charge in [-0.1, -0.05) is 29.3 Å². The molecule has 21 heavy (non-hydrogen) atoms. The molecule has 0 saturated carbocycles. The van der Waals surface area contributed by atoms with Gasteiger partial charge in [0, 0.05) is 12.0 Å². The molecule has 0 aliphatic heterocycles. The Kier molecular flexibility index (Phi) is 4.91. The van der Waals surface area contributed by atoms with Gasteiger partial charge in [0.1, 0.15) is 0 Å². The predicted molar refractivity (Wildman–Crippen MR) is 75.4 cm³/mol. The Labute approximate surface area is 129 Å². The van der Waals surface area contributed by atoms with Gasteiger partial charge in [-0.25, -0.2) is 13.2 Å². The van der Waals surface area contributed by atoms with E-state index in [1.807, 2.05) is 0 Å². The van der Waals surface area contributed by atoms with Gasteiger partial charge in [-0.15, -0.1) is 0 Å². The molecule has 0 spiro atoms. The topological polar surface area (TPSA) is 17.1 Å². The van der Waals surface area contributed by atoms with E-state index in [1.54, 1.807) is 12.1 Å². The highest BCUT2D eigenvalue weighted by atomic mass is 35.5. The minimum Gasteiger partial charge on any atom is -0.294 e. The normalized spacial score (nSPS) is 10.7. The maximum absolute atomic E-state index is 13.1. The molecule has 0 aliphatic rings. The lowest BCUT2D eigenvalue weighted by Gasteiger charge is -2.06. The highest BCUT2D eigenvalue weighted by molar-refractivity contribution is 6.43. The number of benzene rings is 2. The largest absolute Gasteiger partial charge is 0.294 e. The number of aryl methyl sites for hydroxylation is 1. The Hall–Kier alpha value is -1.52. The lowest BCUT2D eigenvalue weighted by atomic mass is 10.0. The molecule has 2 aromatic rings. The van der Waals surface area contributed by atoms with Crippen LogP contribution in [0.2, 0.25) is 10.0 Å². The lowest BCUT2D eigenvalue weighted by Crippen LogP contribution is -2.03. The van der Waals surface area contributed by atoms with Crippen molar-refractivity contribution in [2.45, 2.75) is 12.8 Å². The molecule has 2 rings (SSSR count). The van der Waals surface area contributed by atoms with Gasteiger partial charge in [0.2, 0.25) is 0 Å². The van der Waals surface area contributed by atoms with Crippen molar-refractivity contribution in [3.8, 4) is 0 Å². The fraction of sp³-hybridized carbons (Fsp3) is 0.133. The molecular weight excluding hydrogens is 324 g/mol. The second kappa shape index (κ2) is 6.50. The molecule has 0 N–H and O–H groups in total. The van der Waals surface area contributed by atoms with E-state index in [9.17, 15) is 18.0 Å². The molecule has 1 nitrogen and oxygen atoms in total. The highest BCUT2D eigenvalue weighted by Gasteiger charge is 2.15. The lowest BCUT2D eigenvalue weighted by molar-refractivity contribution is 0.0983. The van der Waals surface area contributed by atoms with Crippen LogP contribution in [0.15, 0.2) is 30.3 Å². The van der Waals surface area contributed by atoms with Gasteiger partial charge in [0.15, 0.2) is 23.2 Å². The van der Waals surface area contributed by atoms with Crippen molar-refractivity contribution in [2.24, 2.45) is 0 Å². The van der Waals surface area contributed by atoms with Crippen LogP contribution in [0.4, 0.5) is 13.2 Å². The first-order chi connectivity index (χ1) is 9.90. The molecule has 0 aromatic heterocycles. The monoisotopic (exact) mass is 332 g/mol. The van der Waals surface area contributed by atoms with Crippen LogP contribution < -0.4 is 0 Å². The minimum atomic E-state index is -1.53. The van der Waals surface area contributed by atoms with E-state index in [1.165, 1.54) is 6.07 Å². The Morgan fingerprint density at radius 1 is 1.05 bits per heavy atom. The first-order valence-electron chi connectivity index (χ1n) is 6.00. The van der Waals surface area contributed by atoms with E-state index in [2.05, 4.69) is 0 Å². The summed E-state index contributed by atoms with van der Waals surface area (Å²) in [6.07, 6.45) is 0.0420. The summed E-state index contributed by atoms with van der Waals surface area (Å²) in [5, 5.41) is 0.391. The third kappa shape index (κ3) is 3.57. The summed E-state index contributed by atoms with van der Waals surface area (Å²) >= 11 is 11.7. The van der Waals surface area contributed by atoms with Gasteiger partial charge >= 0.3 is 0 Å². The van der Waals surface area contributed by atoms with Crippen molar-refractivity contribution in [3.05, 3.63) is 69.0 Å². The van der Waals surface area contributed by atoms with Crippen molar-refractivity contribution >= 4 is 29.0 Å². The highest BCUT2D eigenvalue weighted by Crippen LogP contribution is 2.27. The first-order valence-corrected chi connectivity index (χ1v) is 6.76. The van der Waals surface area contributed by atoms with Crippen LogP contribution in [0.25, 0.3) is 0 Å². The average molecular weight is 333 g/mol. The molecule has 6 heteroatoms. The van der Waals surface area contributed by atoms with Crippen LogP contribution in [0, 0.1) is 17.5 Å². The smallest absolute Gasteiger partial charge is 0.194 e. The van der Waals surface area contributed by atoms with Crippen LogP contribution in [-0.4, -0.2) is 5.78 Å².